The SMILES string of the molecule is C/C=C\C(N)=B/C=N. The molecule has 0 saturated heterocycles. The van der Waals surface area contributed by atoms with Gasteiger partial charge < -0.3 is 0 Å². The van der Waals surface area contributed by atoms with E-state index in [0.717, 1.165) is 6.11 Å². The summed E-state index contributed by atoms with van der Waals surface area (Å²) in [6.07, 6.45) is 4.73. The molecule has 0 unspecified atom stereocenters. The summed E-state index contributed by atoms with van der Waals surface area (Å²) in [6, 6.07) is 0. The Morgan fingerprint density at radius 3 is 2.75 bits per heavy atom. The Morgan fingerprint density at radius 1 is 1.75 bits per heavy atom. The van der Waals surface area contributed by atoms with Gasteiger partial charge in [0.1, 0.15) is 0 Å². The predicted molar refractivity (Wildman–Crippen MR) is 38.5 cm³/mol. The van der Waals surface area contributed by atoms with Crippen LogP contribution in [0.1, 0.15) is 6.92 Å². The zero-order valence-electron chi connectivity index (χ0n) is 4.89. The van der Waals surface area contributed by atoms with Crippen LogP contribution in [0.15, 0.2) is 12.2 Å². The second-order valence-corrected chi connectivity index (χ2v) is 1.33. The molecule has 0 aliphatic heterocycles. The molecule has 0 atom stereocenters. The van der Waals surface area contributed by atoms with E-state index in [1.54, 1.807) is 6.08 Å². The van der Waals surface area contributed by atoms with E-state index in [2.05, 4.69) is 0 Å². The molecule has 0 aliphatic rings. The fraction of sp³-hybridized carbons (Fsp3) is 0.200. The van der Waals surface area contributed by atoms with Crippen molar-refractivity contribution in [2.45, 2.75) is 6.92 Å². The van der Waals surface area contributed by atoms with Gasteiger partial charge in [0.05, 0.1) is 0 Å². The van der Waals surface area contributed by atoms with E-state index in [1.807, 2.05) is 13.0 Å². The van der Waals surface area contributed by atoms with Crippen molar-refractivity contribution in [2.75, 3.05) is 0 Å². The molecule has 42 valence electrons. The first-order valence-corrected chi connectivity index (χ1v) is 2.40. The molecule has 0 amide bonds. The number of hydrogen-bond donors (Lipinski definition) is 2. The number of allylic oxidation sites excluding steroid dienone is 1. The van der Waals surface area contributed by atoms with Crippen molar-refractivity contribution in [3.63, 3.8) is 0 Å². The molecule has 0 fully saturated rings. The molecule has 3 heteroatoms. The second kappa shape index (κ2) is 4.31. The number of nitrogens with one attached hydrogen (secondary N) is 1. The number of nitrogens with two attached hydrogens (primary N) is 1. The third kappa shape index (κ3) is 3.34. The maximum absolute atomic E-state index is 6.60. The van der Waals surface area contributed by atoms with Crippen LogP contribution in [0.25, 0.3) is 0 Å². The molecule has 3 N–H and O–H groups in total. The Morgan fingerprint density at radius 2 is 2.38 bits per heavy atom. The molecule has 0 radical (unpaired) electrons. The molecule has 2 nitrogen and oxygen atoms in total. The van der Waals surface area contributed by atoms with Gasteiger partial charge in [0.25, 0.3) is 0 Å². The van der Waals surface area contributed by atoms with E-state index in [9.17, 15) is 0 Å². The summed E-state index contributed by atoms with van der Waals surface area (Å²) < 4.78 is 0. The van der Waals surface area contributed by atoms with E-state index in [4.69, 9.17) is 11.1 Å². The van der Waals surface area contributed by atoms with E-state index >= 15 is 0 Å². The molecule has 0 bridgehead atoms. The van der Waals surface area contributed by atoms with Crippen molar-refractivity contribution in [3.05, 3.63) is 12.2 Å². The Balaban J connectivity index is 3.79. The Kier molecular flexibility index (Phi) is 3.85. The van der Waals surface area contributed by atoms with Gasteiger partial charge >= 0.3 is 48.8 Å². The molecule has 0 heterocycles. The van der Waals surface area contributed by atoms with Gasteiger partial charge in [0.15, 0.2) is 0 Å². The molecule has 0 rings (SSSR count). The summed E-state index contributed by atoms with van der Waals surface area (Å²) in [5.41, 5.74) is 5.93. The van der Waals surface area contributed by atoms with Crippen molar-refractivity contribution >= 4 is 18.6 Å². The fourth-order valence-electron chi connectivity index (χ4n) is 0.344. The van der Waals surface area contributed by atoms with E-state index in [1.165, 1.54) is 6.92 Å². The van der Waals surface area contributed by atoms with Crippen LogP contribution in [0.5, 0.6) is 0 Å². The standard InChI is InChI=1S/C5H9BN2/c1-2-3-5(8)6-4-7/h2-4,7H,8H2,1H3/b3-2-,7-4?. The number of hydrogen-bond acceptors (Lipinski definition) is 2. The van der Waals surface area contributed by atoms with Gasteiger partial charge in [-0.2, -0.15) is 0 Å². The Bertz CT molecular complexity index is 126. The van der Waals surface area contributed by atoms with Crippen molar-refractivity contribution in [1.29, 1.82) is 5.41 Å². The monoisotopic (exact) mass is 108 g/mol. The van der Waals surface area contributed by atoms with Gasteiger partial charge in [0.2, 0.25) is 0 Å². The molecule has 0 spiro atoms. The normalized spacial score (nSPS) is 11.4. The van der Waals surface area contributed by atoms with Crippen LogP contribution in [-0.2, 0) is 0 Å². The van der Waals surface area contributed by atoms with Crippen LogP contribution in [-0.4, -0.2) is 18.6 Å². The number of rotatable bonds is 2. The van der Waals surface area contributed by atoms with Gasteiger partial charge in [-0.3, -0.25) is 0 Å². The van der Waals surface area contributed by atoms with Gasteiger partial charge in [-0.1, -0.05) is 0 Å². The van der Waals surface area contributed by atoms with Gasteiger partial charge in [0, 0.05) is 0 Å². The first kappa shape index (κ1) is 7.14. The fourth-order valence-corrected chi connectivity index (χ4v) is 0.344. The molecular formula is C5H9BN2. The third-order valence-electron chi connectivity index (χ3n) is 0.635. The quantitative estimate of drug-likeness (QED) is 0.378. The van der Waals surface area contributed by atoms with Crippen LogP contribution in [0.4, 0.5) is 0 Å². The Hall–Kier alpha value is -0.855. The summed E-state index contributed by atoms with van der Waals surface area (Å²) in [5, 5.41) is 6.60. The van der Waals surface area contributed by atoms with Crippen LogP contribution in [0.3, 0.4) is 0 Å². The van der Waals surface area contributed by atoms with Gasteiger partial charge in [-0.25, -0.2) is 0 Å². The average Bonchev–Trinajstić information content (AvgIpc) is 1.68. The molecular weight excluding hydrogens is 98.9 g/mol. The van der Waals surface area contributed by atoms with Crippen molar-refractivity contribution in [3.8, 4) is 0 Å². The van der Waals surface area contributed by atoms with Crippen molar-refractivity contribution < 1.29 is 0 Å². The molecule has 0 aliphatic carbocycles. The maximum atomic E-state index is 6.60. The van der Waals surface area contributed by atoms with Crippen LogP contribution < -0.4 is 5.73 Å². The minimum absolute atomic E-state index is 0.613. The van der Waals surface area contributed by atoms with E-state index in [-0.39, 0.29) is 0 Å². The van der Waals surface area contributed by atoms with Gasteiger partial charge in [-0.15, -0.1) is 0 Å². The first-order valence-electron chi connectivity index (χ1n) is 2.40. The summed E-state index contributed by atoms with van der Waals surface area (Å²) in [5.74, 6) is 0. The van der Waals surface area contributed by atoms with E-state index < -0.39 is 0 Å². The summed E-state index contributed by atoms with van der Waals surface area (Å²) in [6.45, 7) is 3.41. The predicted octanol–water partition coefficient (Wildman–Crippen LogP) is -0.0376. The van der Waals surface area contributed by atoms with Crippen molar-refractivity contribution in [1.82, 2.24) is 0 Å². The average molecular weight is 108 g/mol. The van der Waals surface area contributed by atoms with Crippen LogP contribution in [0.2, 0.25) is 0 Å². The molecule has 0 saturated carbocycles. The topological polar surface area (TPSA) is 49.9 Å². The second-order valence-electron chi connectivity index (χ2n) is 1.33. The molecule has 0 aromatic rings. The summed E-state index contributed by atoms with van der Waals surface area (Å²) in [7, 11) is 0. The first-order chi connectivity index (χ1) is 3.81. The Labute approximate surface area is 49.8 Å². The minimum atomic E-state index is 0.613. The van der Waals surface area contributed by atoms with Crippen LogP contribution in [0, 0.1) is 5.41 Å². The van der Waals surface area contributed by atoms with E-state index in [0.29, 0.717) is 5.59 Å². The summed E-state index contributed by atoms with van der Waals surface area (Å²) >= 11 is 0. The third-order valence-corrected chi connectivity index (χ3v) is 0.635. The zero-order valence-corrected chi connectivity index (χ0v) is 4.89. The van der Waals surface area contributed by atoms with Gasteiger partial charge in [-0.05, 0) is 0 Å². The van der Waals surface area contributed by atoms with Crippen LogP contribution >= 0.6 is 0 Å². The summed E-state index contributed by atoms with van der Waals surface area (Å²) in [4.78, 5) is 0. The zero-order chi connectivity index (χ0) is 6.41. The molecule has 8 heavy (non-hydrogen) atoms. The van der Waals surface area contributed by atoms with Crippen molar-refractivity contribution in [2.24, 2.45) is 5.73 Å². The molecule has 0 aromatic heterocycles. The molecule has 0 aromatic carbocycles.